The van der Waals surface area contributed by atoms with Crippen LogP contribution in [0.1, 0.15) is 18.4 Å². The molecule has 2 nitrogen and oxygen atoms in total. The molecule has 15 heavy (non-hydrogen) atoms. The van der Waals surface area contributed by atoms with Gasteiger partial charge in [-0.2, -0.15) is 11.3 Å². The minimum absolute atomic E-state index is 0.187. The molecule has 4 rings (SSSR count). The van der Waals surface area contributed by atoms with Crippen LogP contribution in [0, 0.1) is 5.92 Å². The van der Waals surface area contributed by atoms with Crippen molar-refractivity contribution in [1.29, 1.82) is 0 Å². The van der Waals surface area contributed by atoms with E-state index in [1.54, 1.807) is 11.3 Å². The van der Waals surface area contributed by atoms with Crippen LogP contribution in [-0.4, -0.2) is 29.8 Å². The van der Waals surface area contributed by atoms with Crippen molar-refractivity contribution >= 4 is 17.1 Å². The van der Waals surface area contributed by atoms with Gasteiger partial charge in [-0.25, -0.2) is 0 Å². The molecule has 4 heterocycles. The lowest BCUT2D eigenvalue weighted by Gasteiger charge is -2.44. The summed E-state index contributed by atoms with van der Waals surface area (Å²) in [4.78, 5) is 14.4. The third-order valence-electron chi connectivity index (χ3n) is 3.71. The quantitative estimate of drug-likeness (QED) is 0.761. The molecule has 0 aromatic carbocycles. The van der Waals surface area contributed by atoms with Gasteiger partial charge in [-0.15, -0.1) is 0 Å². The zero-order valence-electron chi connectivity index (χ0n) is 8.69. The maximum Gasteiger partial charge on any atom is 0.153 e. The van der Waals surface area contributed by atoms with E-state index in [1.165, 1.54) is 5.56 Å². The van der Waals surface area contributed by atoms with Gasteiger partial charge in [0.1, 0.15) is 0 Å². The van der Waals surface area contributed by atoms with Gasteiger partial charge in [0.05, 0.1) is 6.04 Å². The van der Waals surface area contributed by atoms with Crippen molar-refractivity contribution < 1.29 is 4.79 Å². The van der Waals surface area contributed by atoms with Gasteiger partial charge in [0.25, 0.3) is 0 Å². The Morgan fingerprint density at radius 3 is 2.80 bits per heavy atom. The Kier molecular flexibility index (Phi) is 2.37. The van der Waals surface area contributed by atoms with Crippen LogP contribution in [0.25, 0.3) is 0 Å². The third kappa shape index (κ3) is 1.64. The summed E-state index contributed by atoms with van der Waals surface area (Å²) < 4.78 is 0. The maximum atomic E-state index is 12.1. The lowest BCUT2D eigenvalue weighted by molar-refractivity contribution is -0.136. The van der Waals surface area contributed by atoms with Crippen LogP contribution < -0.4 is 0 Å². The zero-order valence-corrected chi connectivity index (χ0v) is 9.50. The highest BCUT2D eigenvalue weighted by Crippen LogP contribution is 2.30. The molecule has 3 aliphatic rings. The van der Waals surface area contributed by atoms with E-state index in [1.807, 2.05) is 0 Å². The zero-order chi connectivity index (χ0) is 10.3. The Labute approximate surface area is 93.9 Å². The minimum atomic E-state index is 0.187. The number of hydrogen-bond donors (Lipinski definition) is 0. The first-order valence-electron chi connectivity index (χ1n) is 5.63. The summed E-state index contributed by atoms with van der Waals surface area (Å²) in [5.74, 6) is 0.873. The van der Waals surface area contributed by atoms with Crippen molar-refractivity contribution in [3.05, 3.63) is 22.4 Å². The number of nitrogens with zero attached hydrogens (tertiary/aromatic N) is 1. The number of hydrogen-bond acceptors (Lipinski definition) is 3. The Hall–Kier alpha value is -0.670. The standard InChI is InChI=1S/C12H15NOS/c14-12-10-1-4-13(5-2-10)11(12)7-9-3-6-15-8-9/h3,6,8,10-11H,1-2,4-5,7H2. The Morgan fingerprint density at radius 1 is 1.40 bits per heavy atom. The molecule has 0 saturated carbocycles. The van der Waals surface area contributed by atoms with E-state index in [-0.39, 0.29) is 6.04 Å². The molecule has 0 radical (unpaired) electrons. The van der Waals surface area contributed by atoms with Crippen LogP contribution in [0.4, 0.5) is 0 Å². The van der Waals surface area contributed by atoms with Gasteiger partial charge in [0.2, 0.25) is 0 Å². The first-order valence-corrected chi connectivity index (χ1v) is 6.58. The normalized spacial score (nSPS) is 34.7. The molecule has 0 amide bonds. The SMILES string of the molecule is O=C1C2CCN(CC2)C1Cc1ccsc1. The van der Waals surface area contributed by atoms with Crippen LogP contribution in [0.15, 0.2) is 16.8 Å². The van der Waals surface area contributed by atoms with Gasteiger partial charge in [-0.1, -0.05) is 0 Å². The number of carbonyl (C=O) groups is 1. The number of thiophene rings is 1. The Bertz CT molecular complexity index is 352. The summed E-state index contributed by atoms with van der Waals surface area (Å²) >= 11 is 1.72. The second-order valence-corrected chi connectivity index (χ2v) is 5.34. The summed E-state index contributed by atoms with van der Waals surface area (Å²) in [6, 6.07) is 2.33. The van der Waals surface area contributed by atoms with Gasteiger partial charge in [0.15, 0.2) is 5.78 Å². The second-order valence-electron chi connectivity index (χ2n) is 4.56. The fraction of sp³-hybridized carbons (Fsp3) is 0.583. The van der Waals surface area contributed by atoms with Crippen molar-refractivity contribution in [2.45, 2.75) is 25.3 Å². The molecule has 3 saturated heterocycles. The minimum Gasteiger partial charge on any atom is -0.298 e. The van der Waals surface area contributed by atoms with E-state index in [0.717, 1.165) is 32.4 Å². The highest BCUT2D eigenvalue weighted by atomic mass is 32.1. The fourth-order valence-electron chi connectivity index (χ4n) is 2.81. The number of ketones is 1. The number of rotatable bonds is 2. The third-order valence-corrected chi connectivity index (χ3v) is 4.44. The Balaban J connectivity index is 1.78. The molecule has 1 unspecified atom stereocenters. The molecule has 0 aliphatic carbocycles. The molecule has 80 valence electrons. The molecule has 0 spiro atoms. The van der Waals surface area contributed by atoms with E-state index in [4.69, 9.17) is 0 Å². The van der Waals surface area contributed by atoms with Crippen LogP contribution in [0.3, 0.4) is 0 Å². The number of fused-ring (bicyclic) bond motifs is 3. The van der Waals surface area contributed by atoms with Crippen molar-refractivity contribution in [1.82, 2.24) is 4.90 Å². The van der Waals surface area contributed by atoms with E-state index in [0.29, 0.717) is 11.7 Å². The van der Waals surface area contributed by atoms with Crippen molar-refractivity contribution in [3.8, 4) is 0 Å². The van der Waals surface area contributed by atoms with Crippen LogP contribution in [0.2, 0.25) is 0 Å². The molecule has 0 N–H and O–H groups in total. The van der Waals surface area contributed by atoms with E-state index in [9.17, 15) is 4.79 Å². The topological polar surface area (TPSA) is 20.3 Å². The molecular formula is C12H15NOS. The van der Waals surface area contributed by atoms with Crippen molar-refractivity contribution in [2.75, 3.05) is 13.1 Å². The van der Waals surface area contributed by atoms with Crippen molar-refractivity contribution in [3.63, 3.8) is 0 Å². The highest BCUT2D eigenvalue weighted by molar-refractivity contribution is 7.07. The molecule has 3 aliphatic heterocycles. The summed E-state index contributed by atoms with van der Waals surface area (Å²) in [6.45, 7) is 2.26. The molecule has 1 aromatic rings. The first kappa shape index (κ1) is 9.55. The lowest BCUT2D eigenvalue weighted by atomic mass is 9.80. The molecule has 3 heteroatoms. The summed E-state index contributed by atoms with van der Waals surface area (Å²) in [7, 11) is 0. The van der Waals surface area contributed by atoms with Gasteiger partial charge in [-0.3, -0.25) is 9.69 Å². The van der Waals surface area contributed by atoms with E-state index in [2.05, 4.69) is 21.7 Å². The molecular weight excluding hydrogens is 206 g/mol. The average molecular weight is 221 g/mol. The predicted molar refractivity (Wildman–Crippen MR) is 61.1 cm³/mol. The molecule has 1 atom stereocenters. The Morgan fingerprint density at radius 2 is 2.20 bits per heavy atom. The summed E-state index contributed by atoms with van der Waals surface area (Å²) in [5.41, 5.74) is 1.32. The summed E-state index contributed by atoms with van der Waals surface area (Å²) in [6.07, 6.45) is 3.12. The van der Waals surface area contributed by atoms with E-state index < -0.39 is 0 Å². The van der Waals surface area contributed by atoms with Crippen LogP contribution in [-0.2, 0) is 11.2 Å². The monoisotopic (exact) mass is 221 g/mol. The smallest absolute Gasteiger partial charge is 0.153 e. The van der Waals surface area contributed by atoms with Crippen LogP contribution in [0.5, 0.6) is 0 Å². The maximum absolute atomic E-state index is 12.1. The molecule has 3 fully saturated rings. The second kappa shape index (κ2) is 3.72. The van der Waals surface area contributed by atoms with Gasteiger partial charge >= 0.3 is 0 Å². The average Bonchev–Trinajstić information content (AvgIpc) is 2.77. The first-order chi connectivity index (χ1) is 7.34. The lowest BCUT2D eigenvalue weighted by Crippen LogP contribution is -2.56. The summed E-state index contributed by atoms with van der Waals surface area (Å²) in [5, 5.41) is 4.26. The van der Waals surface area contributed by atoms with E-state index >= 15 is 0 Å². The highest BCUT2D eigenvalue weighted by Gasteiger charge is 2.40. The largest absolute Gasteiger partial charge is 0.298 e. The van der Waals surface area contributed by atoms with Crippen LogP contribution >= 0.6 is 11.3 Å². The predicted octanol–water partition coefficient (Wildman–Crippen LogP) is 1.95. The van der Waals surface area contributed by atoms with Gasteiger partial charge < -0.3 is 0 Å². The van der Waals surface area contributed by atoms with Gasteiger partial charge in [0, 0.05) is 5.92 Å². The number of Topliss-reactive ketones (excluding diaryl/α,β-unsaturated/α-hetero) is 1. The van der Waals surface area contributed by atoms with Crippen molar-refractivity contribution in [2.24, 2.45) is 5.92 Å². The number of piperidine rings is 3. The number of carbonyl (C=O) groups excluding carboxylic acids is 1. The van der Waals surface area contributed by atoms with Gasteiger partial charge in [-0.05, 0) is 54.7 Å². The molecule has 1 aromatic heterocycles. The molecule has 2 bridgehead atoms. The fourth-order valence-corrected chi connectivity index (χ4v) is 3.49.